The van der Waals surface area contributed by atoms with Crippen LogP contribution in [-0.4, -0.2) is 55.1 Å². The molecule has 1 aromatic rings. The number of benzene rings is 1. The van der Waals surface area contributed by atoms with Gasteiger partial charge in [0.05, 0.1) is 6.61 Å². The van der Waals surface area contributed by atoms with Crippen LogP contribution in [0.25, 0.3) is 0 Å². The van der Waals surface area contributed by atoms with Crippen LogP contribution in [0.5, 0.6) is 11.5 Å². The second-order valence-corrected chi connectivity index (χ2v) is 7.58. The van der Waals surface area contributed by atoms with E-state index in [9.17, 15) is 9.59 Å². The fourth-order valence-electron chi connectivity index (χ4n) is 2.75. The van der Waals surface area contributed by atoms with Crippen molar-refractivity contribution < 1.29 is 23.8 Å². The molecule has 0 bridgehead atoms. The van der Waals surface area contributed by atoms with Crippen molar-refractivity contribution in [2.45, 2.75) is 52.2 Å². The number of nitrogens with zero attached hydrogens (tertiary/aromatic N) is 1. The molecule has 2 N–H and O–H groups in total. The summed E-state index contributed by atoms with van der Waals surface area (Å²) < 4.78 is 16.2. The van der Waals surface area contributed by atoms with E-state index in [0.29, 0.717) is 38.3 Å². The number of piperidine rings is 1. The summed E-state index contributed by atoms with van der Waals surface area (Å²) in [5.41, 5.74) is -0.505. The summed E-state index contributed by atoms with van der Waals surface area (Å²) in [5, 5.41) is 5.58. The van der Waals surface area contributed by atoms with Gasteiger partial charge in [-0.1, -0.05) is 0 Å². The Balaban J connectivity index is 1.64. The van der Waals surface area contributed by atoms with Crippen molar-refractivity contribution >= 4 is 12.1 Å². The van der Waals surface area contributed by atoms with Crippen LogP contribution in [0, 0.1) is 0 Å². The molecular formula is C20H31N3O5. The molecule has 1 fully saturated rings. The maximum Gasteiger partial charge on any atom is 0.410 e. The number of ether oxygens (including phenoxy) is 3. The molecule has 3 amide bonds. The number of urea groups is 1. The third-order valence-electron chi connectivity index (χ3n) is 4.09. The van der Waals surface area contributed by atoms with E-state index in [1.54, 1.807) is 17.0 Å². The number of hydrogen-bond donors (Lipinski definition) is 2. The lowest BCUT2D eigenvalue weighted by Crippen LogP contribution is -2.50. The van der Waals surface area contributed by atoms with Crippen molar-refractivity contribution in [2.24, 2.45) is 0 Å². The number of amides is 3. The first-order chi connectivity index (χ1) is 13.3. The van der Waals surface area contributed by atoms with Crippen molar-refractivity contribution in [3.8, 4) is 11.5 Å². The molecule has 0 saturated carbocycles. The van der Waals surface area contributed by atoms with Crippen LogP contribution < -0.4 is 20.1 Å². The van der Waals surface area contributed by atoms with Crippen LogP contribution in [0.3, 0.4) is 0 Å². The topological polar surface area (TPSA) is 89.1 Å². The van der Waals surface area contributed by atoms with Gasteiger partial charge >= 0.3 is 12.1 Å². The zero-order valence-corrected chi connectivity index (χ0v) is 17.1. The van der Waals surface area contributed by atoms with Crippen LogP contribution in [-0.2, 0) is 4.74 Å². The van der Waals surface area contributed by atoms with E-state index in [0.717, 1.165) is 5.75 Å². The number of carbonyl (C=O) groups is 2. The molecule has 0 aliphatic carbocycles. The van der Waals surface area contributed by atoms with E-state index in [-0.39, 0.29) is 24.9 Å². The van der Waals surface area contributed by atoms with E-state index in [1.807, 2.05) is 39.8 Å². The molecule has 0 spiro atoms. The summed E-state index contributed by atoms with van der Waals surface area (Å²) >= 11 is 0. The van der Waals surface area contributed by atoms with E-state index in [1.165, 1.54) is 0 Å². The van der Waals surface area contributed by atoms with Crippen molar-refractivity contribution in [1.82, 2.24) is 15.5 Å². The third-order valence-corrected chi connectivity index (χ3v) is 4.09. The quantitative estimate of drug-likeness (QED) is 0.725. The molecular weight excluding hydrogens is 362 g/mol. The van der Waals surface area contributed by atoms with Crippen molar-refractivity contribution in [3.05, 3.63) is 24.3 Å². The Kier molecular flexibility index (Phi) is 7.78. The maximum atomic E-state index is 12.1. The number of carbonyl (C=O) groups excluding carboxylic acids is 2. The molecule has 0 atom stereocenters. The Bertz CT molecular complexity index is 634. The van der Waals surface area contributed by atoms with Crippen molar-refractivity contribution in [3.63, 3.8) is 0 Å². The number of rotatable bonds is 6. The number of likely N-dealkylation sites (tertiary alicyclic amines) is 1. The number of nitrogens with one attached hydrogen (secondary N) is 2. The Morgan fingerprint density at radius 3 is 2.18 bits per heavy atom. The Morgan fingerprint density at radius 2 is 1.64 bits per heavy atom. The van der Waals surface area contributed by atoms with E-state index < -0.39 is 5.60 Å². The van der Waals surface area contributed by atoms with Crippen LogP contribution in [0.15, 0.2) is 24.3 Å². The molecule has 0 radical (unpaired) electrons. The van der Waals surface area contributed by atoms with Crippen LogP contribution in [0.2, 0.25) is 0 Å². The molecule has 1 saturated heterocycles. The van der Waals surface area contributed by atoms with Gasteiger partial charge < -0.3 is 29.7 Å². The highest BCUT2D eigenvalue weighted by atomic mass is 16.6. The molecule has 1 aliphatic rings. The maximum absolute atomic E-state index is 12.1. The van der Waals surface area contributed by atoms with Gasteiger partial charge in [0.15, 0.2) is 6.73 Å². The lowest BCUT2D eigenvalue weighted by Gasteiger charge is -2.33. The summed E-state index contributed by atoms with van der Waals surface area (Å²) in [4.78, 5) is 25.7. The normalized spacial score (nSPS) is 14.9. The highest BCUT2D eigenvalue weighted by Gasteiger charge is 2.27. The van der Waals surface area contributed by atoms with Crippen molar-refractivity contribution in [2.75, 3.05) is 26.4 Å². The zero-order chi connectivity index (χ0) is 20.6. The highest BCUT2D eigenvalue weighted by Crippen LogP contribution is 2.17. The summed E-state index contributed by atoms with van der Waals surface area (Å²) in [7, 11) is 0. The monoisotopic (exact) mass is 393 g/mol. The van der Waals surface area contributed by atoms with E-state index >= 15 is 0 Å². The van der Waals surface area contributed by atoms with Gasteiger partial charge in [-0.2, -0.15) is 0 Å². The highest BCUT2D eigenvalue weighted by molar-refractivity contribution is 5.74. The molecule has 156 valence electrons. The molecule has 1 aromatic carbocycles. The average Bonchev–Trinajstić information content (AvgIpc) is 2.62. The molecule has 1 heterocycles. The van der Waals surface area contributed by atoms with E-state index in [2.05, 4.69) is 10.6 Å². The third kappa shape index (κ3) is 7.54. The second kappa shape index (κ2) is 10.1. The molecule has 0 aromatic heterocycles. The summed E-state index contributed by atoms with van der Waals surface area (Å²) in [6.45, 7) is 9.26. The van der Waals surface area contributed by atoms with Crippen molar-refractivity contribution in [1.29, 1.82) is 0 Å². The largest absolute Gasteiger partial charge is 0.494 e. The van der Waals surface area contributed by atoms with Gasteiger partial charge in [-0.15, -0.1) is 0 Å². The predicted octanol–water partition coefficient (Wildman–Crippen LogP) is 3.12. The standard InChI is InChI=1S/C20H31N3O5/c1-5-26-16-6-8-17(9-7-16)27-14-21-18(24)22-15-10-12-23(13-11-15)19(25)28-20(2,3)4/h6-9,15H,5,10-14H2,1-4H3,(H2,21,22,24). The first-order valence-electron chi connectivity index (χ1n) is 9.65. The molecule has 1 aliphatic heterocycles. The van der Waals surface area contributed by atoms with Gasteiger partial charge in [0, 0.05) is 19.1 Å². The Labute approximate surface area is 166 Å². The second-order valence-electron chi connectivity index (χ2n) is 7.58. The molecule has 8 nitrogen and oxygen atoms in total. The number of hydrogen-bond acceptors (Lipinski definition) is 5. The smallest absolute Gasteiger partial charge is 0.410 e. The average molecular weight is 393 g/mol. The Morgan fingerprint density at radius 1 is 1.07 bits per heavy atom. The Hall–Kier alpha value is -2.64. The first kappa shape index (κ1) is 21.7. The van der Waals surface area contributed by atoms with E-state index in [4.69, 9.17) is 14.2 Å². The lowest BCUT2D eigenvalue weighted by atomic mass is 10.1. The zero-order valence-electron chi connectivity index (χ0n) is 17.1. The van der Waals surface area contributed by atoms with Crippen LogP contribution >= 0.6 is 0 Å². The summed E-state index contributed by atoms with van der Waals surface area (Å²) in [5.74, 6) is 1.42. The minimum Gasteiger partial charge on any atom is -0.494 e. The summed E-state index contributed by atoms with van der Waals surface area (Å²) in [6, 6.07) is 6.94. The van der Waals surface area contributed by atoms with Gasteiger partial charge in [-0.3, -0.25) is 0 Å². The molecule has 0 unspecified atom stereocenters. The lowest BCUT2D eigenvalue weighted by molar-refractivity contribution is 0.0201. The summed E-state index contributed by atoms with van der Waals surface area (Å²) in [6.07, 6.45) is 1.07. The van der Waals surface area contributed by atoms with Gasteiger partial charge in [0.2, 0.25) is 0 Å². The molecule has 2 rings (SSSR count). The van der Waals surface area contributed by atoms with Gasteiger partial charge in [-0.25, -0.2) is 9.59 Å². The fraction of sp³-hybridized carbons (Fsp3) is 0.600. The molecule has 28 heavy (non-hydrogen) atoms. The van der Waals surface area contributed by atoms with Crippen LogP contribution in [0.1, 0.15) is 40.5 Å². The minimum atomic E-state index is -0.505. The minimum absolute atomic E-state index is 0.0177. The van der Waals surface area contributed by atoms with Gasteiger partial charge in [-0.05, 0) is 64.8 Å². The SMILES string of the molecule is CCOc1ccc(OCNC(=O)NC2CCN(C(=O)OC(C)(C)C)CC2)cc1. The van der Waals surface area contributed by atoms with Gasteiger partial charge in [0.25, 0.3) is 0 Å². The van der Waals surface area contributed by atoms with Gasteiger partial charge in [0.1, 0.15) is 17.1 Å². The molecule has 8 heteroatoms. The first-order valence-corrected chi connectivity index (χ1v) is 9.65. The fourth-order valence-corrected chi connectivity index (χ4v) is 2.75. The van der Waals surface area contributed by atoms with Crippen LogP contribution in [0.4, 0.5) is 9.59 Å². The predicted molar refractivity (Wildman–Crippen MR) is 106 cm³/mol.